The molecule has 1 amide bonds. The first kappa shape index (κ1) is 23.6. The first-order valence-electron chi connectivity index (χ1n) is 11.7. The van der Waals surface area contributed by atoms with Crippen LogP contribution in [0.2, 0.25) is 0 Å². The zero-order valence-electron chi connectivity index (χ0n) is 20.1. The molecule has 0 bridgehead atoms. The van der Waals surface area contributed by atoms with E-state index >= 15 is 0 Å². The number of rotatable bonds is 9. The highest BCUT2D eigenvalue weighted by Gasteiger charge is 2.48. The summed E-state index contributed by atoms with van der Waals surface area (Å²) in [7, 11) is 3.11. The lowest BCUT2D eigenvalue weighted by Gasteiger charge is -2.38. The van der Waals surface area contributed by atoms with Gasteiger partial charge < -0.3 is 18.8 Å². The van der Waals surface area contributed by atoms with Crippen LogP contribution < -0.4 is 14.4 Å². The van der Waals surface area contributed by atoms with Gasteiger partial charge in [-0.05, 0) is 31.5 Å². The lowest BCUT2D eigenvalue weighted by atomic mass is 9.88. The van der Waals surface area contributed by atoms with Crippen molar-refractivity contribution < 1.29 is 23.8 Å². The van der Waals surface area contributed by atoms with E-state index in [1.165, 1.54) is 0 Å². The van der Waals surface area contributed by atoms with Crippen LogP contribution in [0.3, 0.4) is 0 Å². The van der Waals surface area contributed by atoms with E-state index in [4.69, 9.17) is 19.2 Å². The van der Waals surface area contributed by atoms with E-state index in [0.717, 1.165) is 30.3 Å². The molecule has 0 aliphatic carbocycles. The standard InChI is InChI=1S/C26H31N3O5/c1-5-7-10-16-28-24(30)21(25(31)34-6-2)22(17-12-11-15-20(32-3)23(17)33-4)29-19-14-9-8-13-18(19)27-26(28)29/h8-9,11-15,21-22H,5-7,10,16H2,1-4H3/t21-,22-/m0/s1. The summed E-state index contributed by atoms with van der Waals surface area (Å²) in [6.07, 6.45) is 2.80. The largest absolute Gasteiger partial charge is 0.493 e. The van der Waals surface area contributed by atoms with E-state index in [1.807, 2.05) is 41.0 Å². The van der Waals surface area contributed by atoms with Crippen LogP contribution in [0.15, 0.2) is 42.5 Å². The number of nitrogens with zero attached hydrogens (tertiary/aromatic N) is 3. The molecule has 2 heterocycles. The Balaban J connectivity index is 2.00. The van der Waals surface area contributed by atoms with E-state index in [1.54, 1.807) is 32.1 Å². The number of carbonyl (C=O) groups is 2. The van der Waals surface area contributed by atoms with Gasteiger partial charge in [0.05, 0.1) is 37.9 Å². The zero-order valence-corrected chi connectivity index (χ0v) is 20.1. The molecule has 0 unspecified atom stereocenters. The van der Waals surface area contributed by atoms with Crippen molar-refractivity contribution >= 4 is 28.9 Å². The summed E-state index contributed by atoms with van der Waals surface area (Å²) < 4.78 is 18.6. The van der Waals surface area contributed by atoms with Gasteiger partial charge in [-0.25, -0.2) is 4.98 Å². The van der Waals surface area contributed by atoms with E-state index in [2.05, 4.69) is 6.92 Å². The molecule has 180 valence electrons. The number of esters is 1. The van der Waals surface area contributed by atoms with Gasteiger partial charge in [0.1, 0.15) is 0 Å². The number of anilines is 1. The van der Waals surface area contributed by atoms with Crippen LogP contribution in [-0.4, -0.2) is 48.8 Å². The van der Waals surface area contributed by atoms with E-state index < -0.39 is 17.9 Å². The average molecular weight is 466 g/mol. The molecule has 2 aromatic carbocycles. The lowest BCUT2D eigenvalue weighted by molar-refractivity contribution is -0.153. The van der Waals surface area contributed by atoms with E-state index in [-0.39, 0.29) is 12.5 Å². The summed E-state index contributed by atoms with van der Waals surface area (Å²) in [4.78, 5) is 33.7. The molecular weight excluding hydrogens is 434 g/mol. The summed E-state index contributed by atoms with van der Waals surface area (Å²) in [6.45, 7) is 4.51. The number of methoxy groups -OCH3 is 2. The molecule has 34 heavy (non-hydrogen) atoms. The molecule has 1 aliphatic rings. The summed E-state index contributed by atoms with van der Waals surface area (Å²) >= 11 is 0. The van der Waals surface area contributed by atoms with Gasteiger partial charge in [0.2, 0.25) is 11.9 Å². The second-order valence-electron chi connectivity index (χ2n) is 8.22. The van der Waals surface area contributed by atoms with Gasteiger partial charge in [0.25, 0.3) is 0 Å². The molecule has 1 aliphatic heterocycles. The number of aromatic nitrogens is 2. The third-order valence-corrected chi connectivity index (χ3v) is 6.22. The Morgan fingerprint density at radius 1 is 1.03 bits per heavy atom. The highest BCUT2D eigenvalue weighted by Crippen LogP contribution is 2.46. The number of benzene rings is 2. The highest BCUT2D eigenvalue weighted by atomic mass is 16.5. The molecule has 0 saturated heterocycles. The Kier molecular flexibility index (Phi) is 7.05. The quantitative estimate of drug-likeness (QED) is 0.265. The van der Waals surface area contributed by atoms with Gasteiger partial charge in [-0.15, -0.1) is 0 Å². The van der Waals surface area contributed by atoms with Crippen LogP contribution in [0, 0.1) is 5.92 Å². The third kappa shape index (κ3) is 3.97. The van der Waals surface area contributed by atoms with Crippen LogP contribution in [0.25, 0.3) is 11.0 Å². The van der Waals surface area contributed by atoms with Crippen molar-refractivity contribution in [3.05, 3.63) is 48.0 Å². The van der Waals surface area contributed by atoms with Gasteiger partial charge in [0.15, 0.2) is 17.4 Å². The predicted molar refractivity (Wildman–Crippen MR) is 129 cm³/mol. The van der Waals surface area contributed by atoms with Crippen molar-refractivity contribution in [1.29, 1.82) is 0 Å². The molecule has 1 aromatic heterocycles. The van der Waals surface area contributed by atoms with Gasteiger partial charge in [-0.2, -0.15) is 0 Å². The monoisotopic (exact) mass is 465 g/mol. The Bertz CT molecular complexity index is 1190. The smallest absolute Gasteiger partial charge is 0.321 e. The Morgan fingerprint density at radius 3 is 2.53 bits per heavy atom. The Labute approximate surface area is 199 Å². The van der Waals surface area contributed by atoms with Crippen LogP contribution in [0.4, 0.5) is 5.95 Å². The zero-order chi connectivity index (χ0) is 24.2. The van der Waals surface area contributed by atoms with E-state index in [0.29, 0.717) is 29.6 Å². The number of hydrogen-bond donors (Lipinski definition) is 0. The van der Waals surface area contributed by atoms with Gasteiger partial charge in [-0.1, -0.05) is 44.0 Å². The maximum absolute atomic E-state index is 13.9. The third-order valence-electron chi connectivity index (χ3n) is 6.22. The second kappa shape index (κ2) is 10.2. The summed E-state index contributed by atoms with van der Waals surface area (Å²) in [6, 6.07) is 12.5. The summed E-state index contributed by atoms with van der Waals surface area (Å²) in [5.41, 5.74) is 2.24. The maximum atomic E-state index is 13.9. The van der Waals surface area contributed by atoms with Crippen molar-refractivity contribution in [2.45, 2.75) is 39.2 Å². The number of ether oxygens (including phenoxy) is 3. The van der Waals surface area contributed by atoms with Crippen LogP contribution >= 0.6 is 0 Å². The van der Waals surface area contributed by atoms with Crippen LogP contribution in [0.1, 0.15) is 44.7 Å². The molecule has 0 N–H and O–H groups in total. The minimum absolute atomic E-state index is 0.179. The molecule has 3 aromatic rings. The number of carbonyl (C=O) groups excluding carboxylic acids is 2. The molecule has 8 nitrogen and oxygen atoms in total. The molecule has 0 spiro atoms. The fourth-order valence-electron chi connectivity index (χ4n) is 4.70. The molecule has 0 saturated carbocycles. The van der Waals surface area contributed by atoms with E-state index in [9.17, 15) is 9.59 Å². The average Bonchev–Trinajstić information content (AvgIpc) is 3.23. The maximum Gasteiger partial charge on any atom is 0.321 e. The minimum Gasteiger partial charge on any atom is -0.493 e. The summed E-state index contributed by atoms with van der Waals surface area (Å²) in [5, 5.41) is 0. The fourth-order valence-corrected chi connectivity index (χ4v) is 4.70. The van der Waals surface area contributed by atoms with Gasteiger partial charge in [0, 0.05) is 12.1 Å². The van der Waals surface area contributed by atoms with Crippen LogP contribution in [0.5, 0.6) is 11.5 Å². The first-order chi connectivity index (χ1) is 16.6. The normalized spacial score (nSPS) is 17.5. The molecule has 2 atom stereocenters. The molecule has 8 heteroatoms. The number of para-hydroxylation sites is 3. The first-order valence-corrected chi connectivity index (χ1v) is 11.7. The van der Waals surface area contributed by atoms with Crippen molar-refractivity contribution in [1.82, 2.24) is 9.55 Å². The topological polar surface area (TPSA) is 82.9 Å². The molecule has 0 fully saturated rings. The lowest BCUT2D eigenvalue weighted by Crippen LogP contribution is -2.50. The highest BCUT2D eigenvalue weighted by molar-refractivity contribution is 6.08. The molecule has 0 radical (unpaired) electrons. The Morgan fingerprint density at radius 2 is 1.82 bits per heavy atom. The number of imidazole rings is 1. The van der Waals surface area contributed by atoms with Crippen LogP contribution in [-0.2, 0) is 14.3 Å². The van der Waals surface area contributed by atoms with Crippen molar-refractivity contribution in [2.75, 3.05) is 32.3 Å². The predicted octanol–water partition coefficient (Wildman–Crippen LogP) is 4.36. The fraction of sp³-hybridized carbons (Fsp3) is 0.423. The second-order valence-corrected chi connectivity index (χ2v) is 8.22. The number of amides is 1. The van der Waals surface area contributed by atoms with Crippen molar-refractivity contribution in [3.63, 3.8) is 0 Å². The van der Waals surface area contributed by atoms with Crippen molar-refractivity contribution in [3.8, 4) is 11.5 Å². The number of unbranched alkanes of at least 4 members (excludes halogenated alkanes) is 2. The molecular formula is C26H31N3O5. The van der Waals surface area contributed by atoms with Gasteiger partial charge >= 0.3 is 5.97 Å². The SMILES string of the molecule is CCCCCN1C(=O)[C@@H](C(=O)OCC)[C@H](c2cccc(OC)c2OC)n2c1nc1ccccc12. The number of hydrogen-bond acceptors (Lipinski definition) is 6. The minimum atomic E-state index is -1.09. The number of fused-ring (bicyclic) bond motifs is 3. The van der Waals surface area contributed by atoms with Crippen molar-refractivity contribution in [2.24, 2.45) is 5.92 Å². The Hall–Kier alpha value is -3.55. The van der Waals surface area contributed by atoms with Gasteiger partial charge in [-0.3, -0.25) is 14.5 Å². The summed E-state index contributed by atoms with van der Waals surface area (Å²) in [5.74, 6) is -0.449. The molecule has 4 rings (SSSR count).